The predicted molar refractivity (Wildman–Crippen MR) is 101 cm³/mol. The van der Waals surface area contributed by atoms with Gasteiger partial charge in [-0.25, -0.2) is 9.37 Å². The first-order chi connectivity index (χ1) is 12.0. The van der Waals surface area contributed by atoms with Crippen LogP contribution in [0.5, 0.6) is 0 Å². The molecule has 0 saturated carbocycles. The maximum absolute atomic E-state index is 14.1. The Morgan fingerprint density at radius 3 is 2.44 bits per heavy atom. The molecule has 0 unspecified atom stereocenters. The number of aromatic nitrogens is 2. The van der Waals surface area contributed by atoms with Crippen LogP contribution in [0.4, 0.5) is 21.8 Å². The van der Waals surface area contributed by atoms with E-state index >= 15 is 0 Å². The lowest BCUT2D eigenvalue weighted by atomic mass is 10.1. The van der Waals surface area contributed by atoms with E-state index in [0.717, 1.165) is 11.3 Å². The standard InChI is InChI=1S/C19H18ClFN4/c1-12(2)22-19-23-16(13-7-4-3-5-8-13)11-17(25-19)24-18-14(20)9-6-10-15(18)21/h3-12H,1-2H3,(H2,22,23,24,25). The Hall–Kier alpha value is -2.66. The summed E-state index contributed by atoms with van der Waals surface area (Å²) >= 11 is 6.10. The fourth-order valence-electron chi connectivity index (χ4n) is 2.34. The van der Waals surface area contributed by atoms with Crippen molar-refractivity contribution in [3.8, 4) is 11.3 Å². The molecule has 1 heterocycles. The Labute approximate surface area is 151 Å². The zero-order chi connectivity index (χ0) is 17.8. The average molecular weight is 357 g/mol. The number of benzene rings is 2. The van der Waals surface area contributed by atoms with Crippen LogP contribution in [0.1, 0.15) is 13.8 Å². The molecule has 0 atom stereocenters. The van der Waals surface area contributed by atoms with Gasteiger partial charge in [0.2, 0.25) is 5.95 Å². The van der Waals surface area contributed by atoms with Gasteiger partial charge in [-0.3, -0.25) is 0 Å². The molecule has 2 N–H and O–H groups in total. The van der Waals surface area contributed by atoms with Crippen LogP contribution in [-0.4, -0.2) is 16.0 Å². The first kappa shape index (κ1) is 17.2. The van der Waals surface area contributed by atoms with Crippen LogP contribution in [-0.2, 0) is 0 Å². The molecule has 0 fully saturated rings. The third-order valence-electron chi connectivity index (χ3n) is 3.43. The number of halogens is 2. The zero-order valence-electron chi connectivity index (χ0n) is 13.9. The van der Waals surface area contributed by atoms with Crippen LogP contribution in [0.25, 0.3) is 11.3 Å². The van der Waals surface area contributed by atoms with Gasteiger partial charge >= 0.3 is 0 Å². The van der Waals surface area contributed by atoms with Gasteiger partial charge in [0, 0.05) is 17.7 Å². The summed E-state index contributed by atoms with van der Waals surface area (Å²) in [6.07, 6.45) is 0. The molecule has 2 aromatic carbocycles. The molecule has 1 aromatic heterocycles. The summed E-state index contributed by atoms with van der Waals surface area (Å²) in [5.74, 6) is 0.487. The molecule has 0 radical (unpaired) electrons. The van der Waals surface area contributed by atoms with Crippen molar-refractivity contribution in [3.63, 3.8) is 0 Å². The molecule has 25 heavy (non-hydrogen) atoms. The molecule has 3 aromatic rings. The molecule has 0 saturated heterocycles. The van der Waals surface area contributed by atoms with Gasteiger partial charge in [0.1, 0.15) is 11.6 Å². The minimum absolute atomic E-state index is 0.163. The lowest BCUT2D eigenvalue weighted by Crippen LogP contribution is -2.13. The third-order valence-corrected chi connectivity index (χ3v) is 3.74. The van der Waals surface area contributed by atoms with E-state index in [2.05, 4.69) is 20.6 Å². The van der Waals surface area contributed by atoms with Crippen LogP contribution in [0.2, 0.25) is 5.02 Å². The highest BCUT2D eigenvalue weighted by Crippen LogP contribution is 2.29. The lowest BCUT2D eigenvalue weighted by Gasteiger charge is -2.14. The van der Waals surface area contributed by atoms with Crippen molar-refractivity contribution in [2.24, 2.45) is 0 Å². The van der Waals surface area contributed by atoms with Crippen LogP contribution >= 0.6 is 11.6 Å². The second-order valence-electron chi connectivity index (χ2n) is 5.85. The smallest absolute Gasteiger partial charge is 0.225 e. The first-order valence-electron chi connectivity index (χ1n) is 7.95. The highest BCUT2D eigenvalue weighted by molar-refractivity contribution is 6.33. The summed E-state index contributed by atoms with van der Waals surface area (Å²) in [6.45, 7) is 4.00. The van der Waals surface area contributed by atoms with E-state index in [0.29, 0.717) is 16.8 Å². The molecular weight excluding hydrogens is 339 g/mol. The second-order valence-corrected chi connectivity index (χ2v) is 6.26. The Bertz CT molecular complexity index is 848. The molecule has 0 aliphatic carbocycles. The number of nitrogens with one attached hydrogen (secondary N) is 2. The van der Waals surface area contributed by atoms with Gasteiger partial charge in [0.05, 0.1) is 16.4 Å². The van der Waals surface area contributed by atoms with Crippen LogP contribution < -0.4 is 10.6 Å². The van der Waals surface area contributed by atoms with E-state index < -0.39 is 5.82 Å². The number of hydrogen-bond donors (Lipinski definition) is 2. The molecule has 4 nitrogen and oxygen atoms in total. The Balaban J connectivity index is 2.03. The molecule has 0 spiro atoms. The van der Waals surface area contributed by atoms with Gasteiger partial charge in [-0.05, 0) is 26.0 Å². The van der Waals surface area contributed by atoms with Gasteiger partial charge in [0.25, 0.3) is 0 Å². The number of anilines is 3. The Kier molecular flexibility index (Phi) is 5.14. The van der Waals surface area contributed by atoms with Crippen molar-refractivity contribution >= 4 is 29.1 Å². The van der Waals surface area contributed by atoms with Gasteiger partial charge in [-0.1, -0.05) is 48.0 Å². The number of nitrogens with zero attached hydrogens (tertiary/aromatic N) is 2. The predicted octanol–water partition coefficient (Wildman–Crippen LogP) is 5.50. The Morgan fingerprint density at radius 2 is 1.76 bits per heavy atom. The van der Waals surface area contributed by atoms with Crippen molar-refractivity contribution < 1.29 is 4.39 Å². The van der Waals surface area contributed by atoms with Crippen molar-refractivity contribution in [3.05, 3.63) is 65.4 Å². The van der Waals surface area contributed by atoms with E-state index in [1.807, 2.05) is 44.2 Å². The molecule has 0 aliphatic rings. The lowest BCUT2D eigenvalue weighted by molar-refractivity contribution is 0.632. The zero-order valence-corrected chi connectivity index (χ0v) is 14.7. The topological polar surface area (TPSA) is 49.8 Å². The number of hydrogen-bond acceptors (Lipinski definition) is 4. The van der Waals surface area contributed by atoms with Gasteiger partial charge in [0.15, 0.2) is 0 Å². The SMILES string of the molecule is CC(C)Nc1nc(Nc2c(F)cccc2Cl)cc(-c2ccccc2)n1. The normalized spacial score (nSPS) is 10.8. The molecular formula is C19H18ClFN4. The number of para-hydroxylation sites is 1. The molecule has 128 valence electrons. The fourth-order valence-corrected chi connectivity index (χ4v) is 2.55. The molecule has 3 rings (SSSR count). The van der Waals surface area contributed by atoms with E-state index in [1.54, 1.807) is 18.2 Å². The highest BCUT2D eigenvalue weighted by atomic mass is 35.5. The van der Waals surface area contributed by atoms with E-state index in [-0.39, 0.29) is 11.7 Å². The molecule has 0 aliphatic heterocycles. The van der Waals surface area contributed by atoms with Crippen molar-refractivity contribution in [1.29, 1.82) is 0 Å². The summed E-state index contributed by atoms with van der Waals surface area (Å²) < 4.78 is 14.1. The fraction of sp³-hybridized carbons (Fsp3) is 0.158. The minimum Gasteiger partial charge on any atom is -0.352 e. The van der Waals surface area contributed by atoms with Gasteiger partial charge < -0.3 is 10.6 Å². The van der Waals surface area contributed by atoms with Gasteiger partial charge in [-0.2, -0.15) is 4.98 Å². The summed E-state index contributed by atoms with van der Waals surface area (Å²) in [7, 11) is 0. The van der Waals surface area contributed by atoms with Crippen LogP contribution in [0.15, 0.2) is 54.6 Å². The maximum atomic E-state index is 14.1. The van der Waals surface area contributed by atoms with E-state index in [1.165, 1.54) is 6.07 Å². The molecule has 0 bridgehead atoms. The summed E-state index contributed by atoms with van der Waals surface area (Å²) in [5, 5.41) is 6.44. The molecule has 0 amide bonds. The quantitative estimate of drug-likeness (QED) is 0.633. The summed E-state index contributed by atoms with van der Waals surface area (Å²) in [6, 6.07) is 16.2. The monoisotopic (exact) mass is 356 g/mol. The van der Waals surface area contributed by atoms with Crippen molar-refractivity contribution in [1.82, 2.24) is 9.97 Å². The highest BCUT2D eigenvalue weighted by Gasteiger charge is 2.11. The summed E-state index contributed by atoms with van der Waals surface area (Å²) in [4.78, 5) is 8.96. The van der Waals surface area contributed by atoms with Crippen LogP contribution in [0.3, 0.4) is 0 Å². The minimum atomic E-state index is -0.439. The van der Waals surface area contributed by atoms with E-state index in [9.17, 15) is 4.39 Å². The molecule has 6 heteroatoms. The first-order valence-corrected chi connectivity index (χ1v) is 8.33. The van der Waals surface area contributed by atoms with E-state index in [4.69, 9.17) is 11.6 Å². The average Bonchev–Trinajstić information content (AvgIpc) is 2.58. The van der Waals surface area contributed by atoms with Crippen LogP contribution in [0, 0.1) is 5.82 Å². The second kappa shape index (κ2) is 7.49. The third kappa shape index (κ3) is 4.25. The summed E-state index contributed by atoms with van der Waals surface area (Å²) in [5.41, 5.74) is 1.87. The van der Waals surface area contributed by atoms with Gasteiger partial charge in [-0.15, -0.1) is 0 Å². The van der Waals surface area contributed by atoms with Crippen molar-refractivity contribution in [2.45, 2.75) is 19.9 Å². The maximum Gasteiger partial charge on any atom is 0.225 e. The van der Waals surface area contributed by atoms with Crippen molar-refractivity contribution in [2.75, 3.05) is 10.6 Å². The largest absolute Gasteiger partial charge is 0.352 e. The Morgan fingerprint density at radius 1 is 1.00 bits per heavy atom. The number of rotatable bonds is 5.